The molecule has 0 aliphatic carbocycles. The average molecular weight is 379 g/mol. The van der Waals surface area contributed by atoms with Crippen LogP contribution in [-0.4, -0.2) is 28.7 Å². The molecular weight excluding hydrogens is 362 g/mol. The number of nitrogens with one attached hydrogen (secondary N) is 1. The van der Waals surface area contributed by atoms with Gasteiger partial charge < -0.3 is 9.73 Å². The number of amides is 1. The number of hydrogen-bond acceptors (Lipinski definition) is 6. The van der Waals surface area contributed by atoms with E-state index in [1.54, 1.807) is 18.7 Å². The number of primary sulfonamides is 1. The number of hydrogen-bond donors (Lipinski definition) is 2. The van der Waals surface area contributed by atoms with Gasteiger partial charge >= 0.3 is 5.76 Å². The Balaban J connectivity index is 1.92. The lowest BCUT2D eigenvalue weighted by Gasteiger charge is -2.06. The molecule has 1 amide bonds. The molecule has 0 radical (unpaired) electrons. The van der Waals surface area contributed by atoms with E-state index in [1.165, 1.54) is 12.1 Å². The van der Waals surface area contributed by atoms with Gasteiger partial charge in [0, 0.05) is 13.1 Å². The summed E-state index contributed by atoms with van der Waals surface area (Å²) in [6, 6.07) is 3.76. The topological polar surface area (TPSA) is 142 Å². The molecule has 26 heavy (non-hydrogen) atoms. The Morgan fingerprint density at radius 1 is 1.35 bits per heavy atom. The third-order valence-corrected chi connectivity index (χ3v) is 4.95. The van der Waals surface area contributed by atoms with Crippen LogP contribution in [0.1, 0.15) is 11.4 Å². The van der Waals surface area contributed by atoms with Crippen LogP contribution in [0.3, 0.4) is 0 Å². The number of rotatable bonds is 4. The van der Waals surface area contributed by atoms with E-state index in [4.69, 9.17) is 9.56 Å². The summed E-state index contributed by atoms with van der Waals surface area (Å²) in [5.41, 5.74) is 2.33. The molecule has 138 valence electrons. The minimum Gasteiger partial charge on any atom is -0.408 e. The lowest BCUT2D eigenvalue weighted by atomic mass is 10.3. The predicted molar refractivity (Wildman–Crippen MR) is 93.2 cm³/mol. The Labute approximate surface area is 148 Å². The second-order valence-corrected chi connectivity index (χ2v) is 7.41. The molecular formula is C15H17N5O5S. The summed E-state index contributed by atoms with van der Waals surface area (Å²) < 4.78 is 30.6. The summed E-state index contributed by atoms with van der Waals surface area (Å²) >= 11 is 0. The molecule has 0 aliphatic heterocycles. The Morgan fingerprint density at radius 2 is 2.04 bits per heavy atom. The molecule has 2 heterocycles. The van der Waals surface area contributed by atoms with Crippen molar-refractivity contribution >= 4 is 32.7 Å². The zero-order valence-electron chi connectivity index (χ0n) is 14.3. The first-order valence-electron chi connectivity index (χ1n) is 7.54. The molecule has 10 nitrogen and oxygen atoms in total. The van der Waals surface area contributed by atoms with Crippen LogP contribution in [0.4, 0.5) is 5.69 Å². The molecule has 11 heteroatoms. The van der Waals surface area contributed by atoms with Crippen molar-refractivity contribution in [2.24, 2.45) is 12.2 Å². The predicted octanol–water partition coefficient (Wildman–Crippen LogP) is 0.231. The standard InChI is InChI=1S/C15H17N5O5S/c1-8-14(9(2)19(3)18-8)17-13(21)7-20-11-5-4-10(26(16,23)24)6-12(11)25-15(20)22/h4-6H,7H2,1-3H3,(H,17,21)(H2,16,23,24). The largest absolute Gasteiger partial charge is 0.420 e. The molecule has 3 aromatic rings. The van der Waals surface area contributed by atoms with Gasteiger partial charge in [0.15, 0.2) is 5.58 Å². The highest BCUT2D eigenvalue weighted by Crippen LogP contribution is 2.20. The van der Waals surface area contributed by atoms with Crippen molar-refractivity contribution in [3.63, 3.8) is 0 Å². The van der Waals surface area contributed by atoms with Crippen molar-refractivity contribution in [3.05, 3.63) is 40.1 Å². The normalized spacial score (nSPS) is 11.8. The quantitative estimate of drug-likeness (QED) is 0.664. The molecule has 0 atom stereocenters. The second-order valence-electron chi connectivity index (χ2n) is 5.85. The van der Waals surface area contributed by atoms with Gasteiger partial charge in [-0.3, -0.25) is 14.0 Å². The zero-order valence-corrected chi connectivity index (χ0v) is 15.1. The van der Waals surface area contributed by atoms with Crippen molar-refractivity contribution in [1.82, 2.24) is 14.3 Å². The van der Waals surface area contributed by atoms with Gasteiger partial charge in [-0.2, -0.15) is 5.10 Å². The number of anilines is 1. The number of carbonyl (C=O) groups excluding carboxylic acids is 1. The maximum Gasteiger partial charge on any atom is 0.420 e. The van der Waals surface area contributed by atoms with Crippen LogP contribution in [0.25, 0.3) is 11.1 Å². The van der Waals surface area contributed by atoms with E-state index in [9.17, 15) is 18.0 Å². The van der Waals surface area contributed by atoms with Gasteiger partial charge in [0.25, 0.3) is 0 Å². The average Bonchev–Trinajstić information content (AvgIpc) is 2.97. The number of nitrogens with zero attached hydrogens (tertiary/aromatic N) is 3. The minimum absolute atomic E-state index is 0.0306. The van der Waals surface area contributed by atoms with Crippen molar-refractivity contribution < 1.29 is 17.6 Å². The number of benzene rings is 1. The van der Waals surface area contributed by atoms with E-state index >= 15 is 0 Å². The fraction of sp³-hybridized carbons (Fsp3) is 0.267. The fourth-order valence-electron chi connectivity index (χ4n) is 2.65. The monoisotopic (exact) mass is 379 g/mol. The lowest BCUT2D eigenvalue weighted by molar-refractivity contribution is -0.116. The maximum absolute atomic E-state index is 12.4. The number of nitrogens with two attached hydrogens (primary N) is 1. The molecule has 0 unspecified atom stereocenters. The van der Waals surface area contributed by atoms with Crippen molar-refractivity contribution in [2.45, 2.75) is 25.3 Å². The molecule has 3 rings (SSSR count). The first-order valence-corrected chi connectivity index (χ1v) is 9.09. The zero-order chi connectivity index (χ0) is 19.2. The van der Waals surface area contributed by atoms with Crippen LogP contribution in [-0.2, 0) is 28.4 Å². The first-order chi connectivity index (χ1) is 12.1. The molecule has 0 aliphatic rings. The Morgan fingerprint density at radius 3 is 2.62 bits per heavy atom. The summed E-state index contributed by atoms with van der Waals surface area (Å²) in [6.07, 6.45) is 0. The van der Waals surface area contributed by atoms with Crippen LogP contribution in [0.5, 0.6) is 0 Å². The maximum atomic E-state index is 12.4. The van der Waals surface area contributed by atoms with E-state index in [0.29, 0.717) is 11.4 Å². The molecule has 0 saturated heterocycles. The molecule has 0 spiro atoms. The van der Waals surface area contributed by atoms with Crippen LogP contribution in [0, 0.1) is 13.8 Å². The number of carbonyl (C=O) groups is 1. The third kappa shape index (κ3) is 3.13. The Hall–Kier alpha value is -2.92. The van der Waals surface area contributed by atoms with Crippen molar-refractivity contribution in [1.29, 1.82) is 0 Å². The highest BCUT2D eigenvalue weighted by atomic mass is 32.2. The van der Waals surface area contributed by atoms with Gasteiger partial charge in [0.1, 0.15) is 6.54 Å². The number of fused-ring (bicyclic) bond motifs is 1. The van der Waals surface area contributed by atoms with Crippen molar-refractivity contribution in [3.8, 4) is 0 Å². The Kier molecular flexibility index (Phi) is 4.20. The van der Waals surface area contributed by atoms with E-state index in [0.717, 1.165) is 16.3 Å². The van der Waals surface area contributed by atoms with E-state index < -0.39 is 21.7 Å². The molecule has 3 N–H and O–H groups in total. The van der Waals surface area contributed by atoms with Gasteiger partial charge in [-0.1, -0.05) is 0 Å². The van der Waals surface area contributed by atoms with Gasteiger partial charge in [-0.15, -0.1) is 0 Å². The van der Waals surface area contributed by atoms with Crippen LogP contribution >= 0.6 is 0 Å². The van der Waals surface area contributed by atoms with E-state index in [2.05, 4.69) is 10.4 Å². The van der Waals surface area contributed by atoms with Crippen LogP contribution in [0.2, 0.25) is 0 Å². The molecule has 2 aromatic heterocycles. The molecule has 0 bridgehead atoms. The molecule has 1 aromatic carbocycles. The van der Waals surface area contributed by atoms with Gasteiger partial charge in [0.2, 0.25) is 15.9 Å². The van der Waals surface area contributed by atoms with Gasteiger partial charge in [0.05, 0.1) is 27.5 Å². The van der Waals surface area contributed by atoms with E-state index in [1.807, 2.05) is 6.92 Å². The second kappa shape index (κ2) is 6.11. The summed E-state index contributed by atoms with van der Waals surface area (Å²) in [7, 11) is -2.17. The lowest BCUT2D eigenvalue weighted by Crippen LogP contribution is -2.25. The number of sulfonamides is 1. The van der Waals surface area contributed by atoms with Crippen LogP contribution < -0.4 is 16.2 Å². The van der Waals surface area contributed by atoms with Gasteiger partial charge in [-0.05, 0) is 26.0 Å². The first kappa shape index (κ1) is 17.9. The highest BCUT2D eigenvalue weighted by molar-refractivity contribution is 7.89. The molecule has 0 saturated carbocycles. The number of oxazole rings is 1. The molecule has 0 fully saturated rings. The highest BCUT2D eigenvalue weighted by Gasteiger charge is 2.18. The van der Waals surface area contributed by atoms with E-state index in [-0.39, 0.29) is 22.5 Å². The number of aryl methyl sites for hydroxylation is 2. The van der Waals surface area contributed by atoms with Crippen molar-refractivity contribution in [2.75, 3.05) is 5.32 Å². The summed E-state index contributed by atoms with van der Waals surface area (Å²) in [4.78, 5) is 24.2. The number of aromatic nitrogens is 3. The fourth-order valence-corrected chi connectivity index (χ4v) is 3.18. The SMILES string of the molecule is Cc1nn(C)c(C)c1NC(=O)Cn1c(=O)oc2cc(S(N)(=O)=O)ccc21. The Bertz CT molecular complexity index is 1190. The summed E-state index contributed by atoms with van der Waals surface area (Å²) in [6.45, 7) is 3.27. The van der Waals surface area contributed by atoms with Gasteiger partial charge in [-0.25, -0.2) is 18.4 Å². The van der Waals surface area contributed by atoms with Crippen LogP contribution in [0.15, 0.2) is 32.3 Å². The minimum atomic E-state index is -3.93. The summed E-state index contributed by atoms with van der Waals surface area (Å²) in [5, 5.41) is 12.0. The smallest absolute Gasteiger partial charge is 0.408 e. The third-order valence-electron chi connectivity index (χ3n) is 4.04. The summed E-state index contributed by atoms with van der Waals surface area (Å²) in [5.74, 6) is -1.22.